The van der Waals surface area contributed by atoms with Gasteiger partial charge in [-0.05, 0) is 26.2 Å². The molecule has 0 aromatic carbocycles. The van der Waals surface area contributed by atoms with Crippen molar-refractivity contribution in [3.05, 3.63) is 0 Å². The summed E-state index contributed by atoms with van der Waals surface area (Å²) in [7, 11) is 0. The molecule has 0 saturated heterocycles. The first-order chi connectivity index (χ1) is 10.3. The zero-order chi connectivity index (χ0) is 15.4. The average Bonchev–Trinajstić information content (AvgIpc) is 2.51. The summed E-state index contributed by atoms with van der Waals surface area (Å²) in [6.07, 6.45) is 16.9. The van der Waals surface area contributed by atoms with Crippen LogP contribution in [0.3, 0.4) is 0 Å². The van der Waals surface area contributed by atoms with Crippen LogP contribution in [0.4, 0.5) is 0 Å². The van der Waals surface area contributed by atoms with Crippen molar-refractivity contribution in [2.75, 3.05) is 6.61 Å². The topological polar surface area (TPSA) is 47.3 Å². The Morgan fingerprint density at radius 1 is 0.952 bits per heavy atom. The maximum Gasteiger partial charge on any atom is 0.0848 e. The van der Waals surface area contributed by atoms with E-state index in [1.165, 1.54) is 77.0 Å². The van der Waals surface area contributed by atoms with Gasteiger partial charge in [-0.3, -0.25) is 11.3 Å². The van der Waals surface area contributed by atoms with Gasteiger partial charge in [0, 0.05) is 6.61 Å². The van der Waals surface area contributed by atoms with Gasteiger partial charge in [-0.2, -0.15) is 0 Å². The molecule has 3 N–H and O–H groups in total. The molecule has 126 valence electrons. The fourth-order valence-corrected chi connectivity index (χ4v) is 3.83. The quantitative estimate of drug-likeness (QED) is 0.312. The van der Waals surface area contributed by atoms with Crippen molar-refractivity contribution >= 4 is 0 Å². The van der Waals surface area contributed by atoms with Gasteiger partial charge in [-0.25, -0.2) is 0 Å². The Hall–Kier alpha value is -0.120. The van der Waals surface area contributed by atoms with E-state index in [1.807, 2.05) is 0 Å². The molecule has 0 amide bonds. The molecule has 3 nitrogen and oxygen atoms in total. The smallest absolute Gasteiger partial charge is 0.0848 e. The van der Waals surface area contributed by atoms with E-state index >= 15 is 0 Å². The summed E-state index contributed by atoms with van der Waals surface area (Å²) in [6.45, 7) is 5.18. The van der Waals surface area contributed by atoms with Crippen LogP contribution < -0.4 is 11.3 Å². The maximum absolute atomic E-state index is 6.19. The molecule has 1 saturated carbocycles. The van der Waals surface area contributed by atoms with Gasteiger partial charge in [-0.1, -0.05) is 71.1 Å². The minimum atomic E-state index is 0.00393. The van der Waals surface area contributed by atoms with Crippen LogP contribution in [0, 0.1) is 0 Å². The number of hydrogen-bond donors (Lipinski definition) is 2. The third-order valence-corrected chi connectivity index (χ3v) is 5.06. The second-order valence-electron chi connectivity index (χ2n) is 6.69. The molecule has 1 aliphatic carbocycles. The monoisotopic (exact) mass is 298 g/mol. The standard InChI is InChI=1S/C18H38N2O/c1-3-5-6-7-8-9-11-14-17(20-19)18(21-4-2)15-12-10-13-16-18/h17,20H,3-16,19H2,1-2H3. The van der Waals surface area contributed by atoms with E-state index in [4.69, 9.17) is 10.6 Å². The van der Waals surface area contributed by atoms with Gasteiger partial charge >= 0.3 is 0 Å². The van der Waals surface area contributed by atoms with Crippen molar-refractivity contribution in [3.63, 3.8) is 0 Å². The van der Waals surface area contributed by atoms with Crippen LogP contribution in [-0.4, -0.2) is 18.2 Å². The molecule has 0 aromatic rings. The Bertz CT molecular complexity index is 234. The van der Waals surface area contributed by atoms with Gasteiger partial charge in [0.05, 0.1) is 11.6 Å². The second kappa shape index (κ2) is 11.4. The van der Waals surface area contributed by atoms with Crippen molar-refractivity contribution in [2.24, 2.45) is 5.84 Å². The Balaban J connectivity index is 2.30. The number of unbranched alkanes of at least 4 members (excludes halogenated alkanes) is 6. The molecule has 1 aliphatic rings. The van der Waals surface area contributed by atoms with Crippen LogP contribution in [0.5, 0.6) is 0 Å². The first-order valence-corrected chi connectivity index (χ1v) is 9.39. The van der Waals surface area contributed by atoms with E-state index in [2.05, 4.69) is 19.3 Å². The fraction of sp³-hybridized carbons (Fsp3) is 1.00. The Morgan fingerprint density at radius 2 is 1.57 bits per heavy atom. The first-order valence-electron chi connectivity index (χ1n) is 9.39. The largest absolute Gasteiger partial charge is 0.374 e. The molecule has 0 radical (unpaired) electrons. The highest BCUT2D eigenvalue weighted by molar-refractivity contribution is 4.94. The molecule has 0 bridgehead atoms. The highest BCUT2D eigenvalue weighted by Crippen LogP contribution is 2.36. The summed E-state index contributed by atoms with van der Waals surface area (Å²) in [5.74, 6) is 5.87. The van der Waals surface area contributed by atoms with Crippen LogP contribution >= 0.6 is 0 Å². The lowest BCUT2D eigenvalue weighted by Gasteiger charge is -2.43. The number of hydrazine groups is 1. The number of nitrogens with one attached hydrogen (secondary N) is 1. The number of nitrogens with two attached hydrogens (primary N) is 1. The van der Waals surface area contributed by atoms with Crippen LogP contribution in [-0.2, 0) is 4.74 Å². The molecule has 1 unspecified atom stereocenters. The van der Waals surface area contributed by atoms with Crippen LogP contribution in [0.1, 0.15) is 97.3 Å². The summed E-state index contributed by atoms with van der Waals surface area (Å²) >= 11 is 0. The summed E-state index contributed by atoms with van der Waals surface area (Å²) < 4.78 is 6.19. The maximum atomic E-state index is 6.19. The van der Waals surface area contributed by atoms with E-state index in [-0.39, 0.29) is 5.60 Å². The predicted octanol–water partition coefficient (Wildman–Crippen LogP) is 4.70. The Morgan fingerprint density at radius 3 is 2.14 bits per heavy atom. The lowest BCUT2D eigenvalue weighted by Crippen LogP contribution is -2.55. The highest BCUT2D eigenvalue weighted by Gasteiger charge is 2.39. The van der Waals surface area contributed by atoms with E-state index in [9.17, 15) is 0 Å². The van der Waals surface area contributed by atoms with Crippen LogP contribution in [0.25, 0.3) is 0 Å². The number of hydrogen-bond acceptors (Lipinski definition) is 3. The zero-order valence-corrected chi connectivity index (χ0v) is 14.5. The molecule has 0 spiro atoms. The lowest BCUT2D eigenvalue weighted by molar-refractivity contribution is -0.0919. The Kier molecular flexibility index (Phi) is 10.3. The molecule has 0 aliphatic heterocycles. The first kappa shape index (κ1) is 18.9. The molecule has 1 fully saturated rings. The molecule has 0 heterocycles. The summed E-state index contributed by atoms with van der Waals surface area (Å²) in [5, 5.41) is 0. The number of rotatable bonds is 12. The third-order valence-electron chi connectivity index (χ3n) is 5.06. The predicted molar refractivity (Wildman–Crippen MR) is 91.2 cm³/mol. The number of ether oxygens (including phenoxy) is 1. The van der Waals surface area contributed by atoms with Gasteiger partial charge in [0.15, 0.2) is 0 Å². The molecule has 0 aromatic heterocycles. The molecular formula is C18H38N2O. The summed E-state index contributed by atoms with van der Waals surface area (Å²) in [5.41, 5.74) is 3.09. The van der Waals surface area contributed by atoms with Crippen molar-refractivity contribution in [1.29, 1.82) is 0 Å². The van der Waals surface area contributed by atoms with Crippen LogP contribution in [0.2, 0.25) is 0 Å². The second-order valence-corrected chi connectivity index (χ2v) is 6.69. The van der Waals surface area contributed by atoms with E-state index in [0.717, 1.165) is 13.0 Å². The highest BCUT2D eigenvalue weighted by atomic mass is 16.5. The summed E-state index contributed by atoms with van der Waals surface area (Å²) in [6, 6.07) is 0.327. The average molecular weight is 299 g/mol. The van der Waals surface area contributed by atoms with Gasteiger partial charge in [-0.15, -0.1) is 0 Å². The van der Waals surface area contributed by atoms with Gasteiger partial charge in [0.2, 0.25) is 0 Å². The SMILES string of the molecule is CCCCCCCCCC(NN)C1(OCC)CCCCC1. The lowest BCUT2D eigenvalue weighted by atomic mass is 9.77. The van der Waals surface area contributed by atoms with Crippen LogP contribution in [0.15, 0.2) is 0 Å². The van der Waals surface area contributed by atoms with Gasteiger partial charge < -0.3 is 4.74 Å². The molecule has 1 rings (SSSR count). The zero-order valence-electron chi connectivity index (χ0n) is 14.5. The van der Waals surface area contributed by atoms with E-state index < -0.39 is 0 Å². The fourth-order valence-electron chi connectivity index (χ4n) is 3.83. The van der Waals surface area contributed by atoms with Crippen molar-refractivity contribution in [2.45, 2.75) is 109 Å². The van der Waals surface area contributed by atoms with Crippen molar-refractivity contribution in [1.82, 2.24) is 5.43 Å². The minimum absolute atomic E-state index is 0.00393. The molecular weight excluding hydrogens is 260 g/mol. The van der Waals surface area contributed by atoms with E-state index in [0.29, 0.717) is 6.04 Å². The summed E-state index contributed by atoms with van der Waals surface area (Å²) in [4.78, 5) is 0. The third kappa shape index (κ3) is 6.66. The molecule has 21 heavy (non-hydrogen) atoms. The van der Waals surface area contributed by atoms with Gasteiger partial charge in [0.25, 0.3) is 0 Å². The normalized spacial score (nSPS) is 19.6. The Labute approximate surface area is 132 Å². The minimum Gasteiger partial charge on any atom is -0.374 e. The van der Waals surface area contributed by atoms with Crippen molar-refractivity contribution < 1.29 is 4.74 Å². The van der Waals surface area contributed by atoms with E-state index in [1.54, 1.807) is 0 Å². The van der Waals surface area contributed by atoms with Gasteiger partial charge in [0.1, 0.15) is 0 Å². The molecule has 3 heteroatoms. The molecule has 1 atom stereocenters. The van der Waals surface area contributed by atoms with Crippen molar-refractivity contribution in [3.8, 4) is 0 Å².